The highest BCUT2D eigenvalue weighted by atomic mass is 127. The second-order valence-electron chi connectivity index (χ2n) is 8.06. The molecule has 1 aromatic heterocycles. The number of hydrogen-bond acceptors (Lipinski definition) is 4. The van der Waals surface area contributed by atoms with E-state index in [4.69, 9.17) is 4.74 Å². The van der Waals surface area contributed by atoms with Crippen molar-refractivity contribution in [3.8, 4) is 11.4 Å². The lowest BCUT2D eigenvalue weighted by molar-refractivity contribution is 0.198. The Morgan fingerprint density at radius 1 is 1.06 bits per heavy atom. The zero-order chi connectivity index (χ0) is 22.2. The number of piperidine rings is 1. The van der Waals surface area contributed by atoms with E-state index >= 15 is 0 Å². The second-order valence-corrected chi connectivity index (χ2v) is 8.06. The van der Waals surface area contributed by atoms with Gasteiger partial charge in [-0.05, 0) is 48.7 Å². The molecule has 7 nitrogen and oxygen atoms in total. The van der Waals surface area contributed by atoms with Crippen molar-refractivity contribution in [3.05, 3.63) is 78.1 Å². The number of guanidine groups is 1. The van der Waals surface area contributed by atoms with Crippen LogP contribution in [0.3, 0.4) is 0 Å². The highest BCUT2D eigenvalue weighted by Gasteiger charge is 2.20. The van der Waals surface area contributed by atoms with Crippen molar-refractivity contribution in [1.82, 2.24) is 25.3 Å². The molecule has 0 saturated carbocycles. The van der Waals surface area contributed by atoms with E-state index in [9.17, 15) is 0 Å². The maximum absolute atomic E-state index is 5.22. The molecule has 4 rings (SSSR count). The largest absolute Gasteiger partial charge is 0.497 e. The second kappa shape index (κ2) is 12.6. The summed E-state index contributed by atoms with van der Waals surface area (Å²) >= 11 is 0. The quantitative estimate of drug-likeness (QED) is 0.261. The van der Waals surface area contributed by atoms with Gasteiger partial charge >= 0.3 is 0 Å². The molecule has 33 heavy (non-hydrogen) atoms. The molecule has 2 aromatic carbocycles. The standard InChI is InChI=1S/C25H32N6O.HI/c1-26-25(28-21-12-15-30(16-13-21)19-20-6-4-3-5-7-20)27-18-22-14-17-31(29-22)23-8-10-24(32-2)11-9-23;/h3-11,14,17,21H,12-13,15-16,18-19H2,1-2H3,(H2,26,27,28);1H. The smallest absolute Gasteiger partial charge is 0.191 e. The molecule has 2 heterocycles. The molecule has 3 aromatic rings. The molecule has 0 atom stereocenters. The number of nitrogens with zero attached hydrogens (tertiary/aromatic N) is 4. The van der Waals surface area contributed by atoms with Crippen molar-refractivity contribution >= 4 is 29.9 Å². The van der Waals surface area contributed by atoms with Gasteiger partial charge in [0.15, 0.2) is 5.96 Å². The summed E-state index contributed by atoms with van der Waals surface area (Å²) in [5.74, 6) is 1.66. The van der Waals surface area contributed by atoms with E-state index < -0.39 is 0 Å². The lowest BCUT2D eigenvalue weighted by Crippen LogP contribution is -2.48. The van der Waals surface area contributed by atoms with Crippen LogP contribution < -0.4 is 15.4 Å². The number of aliphatic imine (C=N–C) groups is 1. The predicted octanol–water partition coefficient (Wildman–Crippen LogP) is 3.83. The maximum atomic E-state index is 5.22. The Morgan fingerprint density at radius 3 is 2.45 bits per heavy atom. The van der Waals surface area contributed by atoms with E-state index in [-0.39, 0.29) is 24.0 Å². The summed E-state index contributed by atoms with van der Waals surface area (Å²) in [7, 11) is 3.48. The molecule has 1 fully saturated rings. The van der Waals surface area contributed by atoms with Gasteiger partial charge < -0.3 is 15.4 Å². The predicted molar refractivity (Wildman–Crippen MR) is 144 cm³/mol. The Labute approximate surface area is 213 Å². The molecule has 0 amide bonds. The van der Waals surface area contributed by atoms with Crippen molar-refractivity contribution in [3.63, 3.8) is 0 Å². The van der Waals surface area contributed by atoms with Gasteiger partial charge in [0.2, 0.25) is 0 Å². The molecule has 0 aliphatic carbocycles. The van der Waals surface area contributed by atoms with Crippen molar-refractivity contribution < 1.29 is 4.74 Å². The van der Waals surface area contributed by atoms with Gasteiger partial charge in [0.05, 0.1) is 25.0 Å². The number of aromatic nitrogens is 2. The first-order valence-electron chi connectivity index (χ1n) is 11.2. The third kappa shape index (κ3) is 7.20. The average Bonchev–Trinajstić information content (AvgIpc) is 3.32. The topological polar surface area (TPSA) is 66.7 Å². The number of halogens is 1. The molecular formula is C25H33IN6O. The molecule has 1 aliphatic rings. The summed E-state index contributed by atoms with van der Waals surface area (Å²) < 4.78 is 7.09. The number of methoxy groups -OCH3 is 1. The van der Waals surface area contributed by atoms with Gasteiger partial charge in [-0.2, -0.15) is 5.10 Å². The Hall–Kier alpha value is -2.59. The molecule has 1 saturated heterocycles. The minimum Gasteiger partial charge on any atom is -0.497 e. The van der Waals surface area contributed by atoms with E-state index in [2.05, 4.69) is 56.0 Å². The zero-order valence-electron chi connectivity index (χ0n) is 19.3. The van der Waals surface area contributed by atoms with Gasteiger partial charge in [-0.25, -0.2) is 4.68 Å². The van der Waals surface area contributed by atoms with E-state index in [1.54, 1.807) is 7.11 Å². The van der Waals surface area contributed by atoms with Crippen molar-refractivity contribution in [2.45, 2.75) is 32.0 Å². The Kier molecular flexibility index (Phi) is 9.56. The number of ether oxygens (including phenoxy) is 1. The Bertz CT molecular complexity index is 997. The Balaban J connectivity index is 0.00000306. The molecule has 0 radical (unpaired) electrons. The molecule has 2 N–H and O–H groups in total. The van der Waals surface area contributed by atoms with Crippen LogP contribution in [-0.4, -0.2) is 53.9 Å². The van der Waals surface area contributed by atoms with E-state index in [1.807, 2.05) is 48.3 Å². The van der Waals surface area contributed by atoms with Crippen LogP contribution in [0.15, 0.2) is 71.9 Å². The van der Waals surface area contributed by atoms with Crippen molar-refractivity contribution in [1.29, 1.82) is 0 Å². The first-order valence-corrected chi connectivity index (χ1v) is 11.2. The molecule has 8 heteroatoms. The van der Waals surface area contributed by atoms with Gasteiger partial charge in [-0.3, -0.25) is 9.89 Å². The SMILES string of the molecule is CN=C(NCc1ccn(-c2ccc(OC)cc2)n1)NC1CCN(Cc2ccccc2)CC1.I. The van der Waals surface area contributed by atoms with Crippen LogP contribution in [0.4, 0.5) is 0 Å². The molecular weight excluding hydrogens is 527 g/mol. The highest BCUT2D eigenvalue weighted by Crippen LogP contribution is 2.15. The summed E-state index contributed by atoms with van der Waals surface area (Å²) in [4.78, 5) is 6.92. The van der Waals surface area contributed by atoms with Crippen molar-refractivity contribution in [2.24, 2.45) is 4.99 Å². The third-order valence-corrected chi connectivity index (χ3v) is 5.82. The van der Waals surface area contributed by atoms with Gasteiger partial charge in [-0.15, -0.1) is 24.0 Å². The molecule has 0 bridgehead atoms. The summed E-state index contributed by atoms with van der Waals surface area (Å²) in [5, 5.41) is 11.6. The van der Waals surface area contributed by atoms with Crippen molar-refractivity contribution in [2.75, 3.05) is 27.2 Å². The van der Waals surface area contributed by atoms with Gasteiger partial charge in [0.1, 0.15) is 5.75 Å². The number of nitrogens with one attached hydrogen (secondary N) is 2. The maximum Gasteiger partial charge on any atom is 0.191 e. The first-order chi connectivity index (χ1) is 15.7. The highest BCUT2D eigenvalue weighted by molar-refractivity contribution is 14.0. The van der Waals surface area contributed by atoms with Crippen LogP contribution in [0.25, 0.3) is 5.69 Å². The lowest BCUT2D eigenvalue weighted by Gasteiger charge is -2.33. The molecule has 0 spiro atoms. The minimum absolute atomic E-state index is 0. The van der Waals surface area contributed by atoms with Gasteiger partial charge in [-0.1, -0.05) is 30.3 Å². The summed E-state index contributed by atoms with van der Waals surface area (Å²) in [6.07, 6.45) is 4.19. The van der Waals surface area contributed by atoms with Crippen LogP contribution in [0.2, 0.25) is 0 Å². The van der Waals surface area contributed by atoms with Gasteiger partial charge in [0.25, 0.3) is 0 Å². The average molecular weight is 560 g/mol. The normalized spacial score (nSPS) is 15.0. The van der Waals surface area contributed by atoms with Crippen LogP contribution >= 0.6 is 24.0 Å². The van der Waals surface area contributed by atoms with E-state index in [0.717, 1.165) is 55.6 Å². The number of hydrogen-bond donors (Lipinski definition) is 2. The number of rotatable bonds is 7. The van der Waals surface area contributed by atoms with E-state index in [1.165, 1.54) is 5.56 Å². The fraction of sp³-hybridized carbons (Fsp3) is 0.360. The third-order valence-electron chi connectivity index (χ3n) is 5.82. The van der Waals surface area contributed by atoms with Crippen LogP contribution in [0.1, 0.15) is 24.1 Å². The summed E-state index contributed by atoms with van der Waals surface area (Å²) in [5.41, 5.74) is 3.34. The minimum atomic E-state index is 0. The van der Waals surface area contributed by atoms with Crippen LogP contribution in [0.5, 0.6) is 5.75 Å². The zero-order valence-corrected chi connectivity index (χ0v) is 21.6. The van der Waals surface area contributed by atoms with Gasteiger partial charge in [0, 0.05) is 38.9 Å². The fourth-order valence-electron chi connectivity index (χ4n) is 3.97. The van der Waals surface area contributed by atoms with E-state index in [0.29, 0.717) is 12.6 Å². The molecule has 176 valence electrons. The lowest BCUT2D eigenvalue weighted by atomic mass is 10.0. The first kappa shape index (κ1) is 25.0. The number of benzene rings is 2. The monoisotopic (exact) mass is 560 g/mol. The Morgan fingerprint density at radius 2 is 1.79 bits per heavy atom. The fourth-order valence-corrected chi connectivity index (χ4v) is 3.97. The summed E-state index contributed by atoms with van der Waals surface area (Å²) in [6, 6.07) is 21.0. The van der Waals surface area contributed by atoms with Crippen LogP contribution in [0, 0.1) is 0 Å². The molecule has 0 unspecified atom stereocenters. The summed E-state index contributed by atoms with van der Waals surface area (Å²) in [6.45, 7) is 3.83. The van der Waals surface area contributed by atoms with Crippen LogP contribution in [-0.2, 0) is 13.1 Å². The number of likely N-dealkylation sites (tertiary alicyclic amines) is 1. The molecule has 1 aliphatic heterocycles.